The van der Waals surface area contributed by atoms with Gasteiger partial charge in [-0.05, 0) is 49.2 Å². The number of rotatable bonds is 6. The van der Waals surface area contributed by atoms with E-state index in [-0.39, 0.29) is 18.1 Å². The molecular weight excluding hydrogens is 364 g/mol. The Kier molecular flexibility index (Phi) is 5.01. The monoisotopic (exact) mass is 390 g/mol. The predicted octanol–water partition coefficient (Wildman–Crippen LogP) is 4.86. The molecule has 0 amide bonds. The molecule has 0 radical (unpaired) electrons. The molecule has 0 fully saturated rings. The lowest BCUT2D eigenvalue weighted by atomic mass is 10.2. The molecule has 0 saturated carbocycles. The summed E-state index contributed by atoms with van der Waals surface area (Å²) >= 11 is 0. The number of hydrogen-bond donors (Lipinski definition) is 2. The van der Waals surface area contributed by atoms with E-state index in [1.165, 1.54) is 0 Å². The van der Waals surface area contributed by atoms with Gasteiger partial charge >= 0.3 is 0 Å². The molecule has 0 unspecified atom stereocenters. The minimum Gasteiger partial charge on any atom is -0.509 e. The first-order chi connectivity index (χ1) is 14.0. The highest BCUT2D eigenvalue weighted by Crippen LogP contribution is 2.33. The first-order valence-electron chi connectivity index (χ1n) is 9.96. The first kappa shape index (κ1) is 19.1. The van der Waals surface area contributed by atoms with Crippen molar-refractivity contribution in [3.8, 4) is 5.75 Å². The second kappa shape index (κ2) is 7.62. The molecule has 1 aromatic heterocycles. The molecule has 4 rings (SSSR count). The Morgan fingerprint density at radius 1 is 1.14 bits per heavy atom. The summed E-state index contributed by atoms with van der Waals surface area (Å²) in [6.07, 6.45) is 0. The van der Waals surface area contributed by atoms with Crippen LogP contribution >= 0.6 is 0 Å². The summed E-state index contributed by atoms with van der Waals surface area (Å²) in [5.41, 5.74) is 3.20. The number of fused-ring (bicyclic) bond motifs is 1. The number of amidine groups is 1. The van der Waals surface area contributed by atoms with Crippen LogP contribution in [0.1, 0.15) is 26.6 Å². The topological polar surface area (TPSA) is 74.4 Å². The zero-order chi connectivity index (χ0) is 20.5. The molecule has 0 atom stereocenters. The fourth-order valence-electron chi connectivity index (χ4n) is 3.61. The Hall–Kier alpha value is -3.28. The number of anilines is 1. The van der Waals surface area contributed by atoms with Crippen LogP contribution < -0.4 is 9.64 Å². The van der Waals surface area contributed by atoms with E-state index in [0.29, 0.717) is 30.5 Å². The fraction of sp³-hybridized carbons (Fsp3) is 0.304. The average molecular weight is 390 g/mol. The lowest BCUT2D eigenvalue weighted by Gasteiger charge is -2.19. The van der Waals surface area contributed by atoms with Crippen LogP contribution in [0.2, 0.25) is 0 Å². The van der Waals surface area contributed by atoms with Gasteiger partial charge < -0.3 is 19.3 Å². The lowest BCUT2D eigenvalue weighted by molar-refractivity contribution is 0.271. The van der Waals surface area contributed by atoms with E-state index in [4.69, 9.17) is 15.1 Å². The van der Waals surface area contributed by atoms with Crippen molar-refractivity contribution in [3.63, 3.8) is 0 Å². The van der Waals surface area contributed by atoms with Gasteiger partial charge in [-0.3, -0.25) is 5.41 Å². The van der Waals surface area contributed by atoms with Crippen molar-refractivity contribution in [2.24, 2.45) is 5.92 Å². The largest absolute Gasteiger partial charge is 0.509 e. The van der Waals surface area contributed by atoms with E-state index in [9.17, 15) is 5.11 Å². The standard InChI is InChI=1S/C23H26N4O2/c1-4-26-19-8-6-5-7-18(19)25-23(26)21-20(28)13-27(22(21)24)16-9-11-17(12-10-16)29-14-15(2)3/h5-12,15,24,28H,4,13-14H2,1-3H3. The van der Waals surface area contributed by atoms with Crippen LogP contribution in [-0.4, -0.2) is 33.6 Å². The Bertz CT molecular complexity index is 1080. The summed E-state index contributed by atoms with van der Waals surface area (Å²) in [6, 6.07) is 15.5. The SMILES string of the molecule is CCn1c(C2=C(O)CN(c3ccc(OCC(C)C)cc3)C2=N)nc2ccccc21. The molecule has 2 N–H and O–H groups in total. The molecule has 2 heterocycles. The molecule has 0 spiro atoms. The molecule has 0 aliphatic carbocycles. The summed E-state index contributed by atoms with van der Waals surface area (Å²) in [6.45, 7) is 7.90. The number of benzene rings is 2. The molecule has 6 heteroatoms. The van der Waals surface area contributed by atoms with Crippen LogP contribution in [0, 0.1) is 11.3 Å². The number of imidazole rings is 1. The molecule has 0 saturated heterocycles. The quantitative estimate of drug-likeness (QED) is 0.630. The van der Waals surface area contributed by atoms with Crippen molar-refractivity contribution in [2.45, 2.75) is 27.3 Å². The smallest absolute Gasteiger partial charge is 0.148 e. The van der Waals surface area contributed by atoms with E-state index < -0.39 is 0 Å². The number of aryl methyl sites for hydroxylation is 1. The second-order valence-corrected chi connectivity index (χ2v) is 7.62. The van der Waals surface area contributed by atoms with E-state index >= 15 is 0 Å². The number of nitrogens with zero attached hydrogens (tertiary/aromatic N) is 3. The van der Waals surface area contributed by atoms with Crippen LogP contribution in [0.5, 0.6) is 5.75 Å². The van der Waals surface area contributed by atoms with Gasteiger partial charge in [-0.15, -0.1) is 0 Å². The van der Waals surface area contributed by atoms with Crippen LogP contribution in [0.15, 0.2) is 54.3 Å². The highest BCUT2D eigenvalue weighted by molar-refractivity contribution is 6.30. The maximum absolute atomic E-state index is 10.7. The number of nitrogens with one attached hydrogen (secondary N) is 1. The van der Waals surface area contributed by atoms with Crippen LogP contribution in [0.4, 0.5) is 5.69 Å². The van der Waals surface area contributed by atoms with Crippen LogP contribution in [-0.2, 0) is 6.54 Å². The zero-order valence-corrected chi connectivity index (χ0v) is 17.0. The van der Waals surface area contributed by atoms with Gasteiger partial charge in [-0.2, -0.15) is 0 Å². The van der Waals surface area contributed by atoms with Crippen molar-refractivity contribution in [2.75, 3.05) is 18.1 Å². The van der Waals surface area contributed by atoms with Crippen molar-refractivity contribution in [1.29, 1.82) is 5.41 Å². The zero-order valence-electron chi connectivity index (χ0n) is 17.0. The molecule has 2 aromatic carbocycles. The van der Waals surface area contributed by atoms with Crippen molar-refractivity contribution < 1.29 is 9.84 Å². The van der Waals surface area contributed by atoms with E-state index in [1.54, 1.807) is 4.90 Å². The van der Waals surface area contributed by atoms with Crippen LogP contribution in [0.3, 0.4) is 0 Å². The summed E-state index contributed by atoms with van der Waals surface area (Å²) < 4.78 is 7.79. The molecule has 3 aromatic rings. The number of aliphatic hydroxyl groups is 1. The van der Waals surface area contributed by atoms with Gasteiger partial charge in [0, 0.05) is 12.2 Å². The Balaban J connectivity index is 1.62. The molecule has 1 aliphatic rings. The third-order valence-electron chi connectivity index (χ3n) is 5.03. The van der Waals surface area contributed by atoms with Gasteiger partial charge in [0.15, 0.2) is 0 Å². The first-order valence-corrected chi connectivity index (χ1v) is 9.96. The number of hydrogen-bond acceptors (Lipinski definition) is 4. The number of aromatic nitrogens is 2. The van der Waals surface area contributed by atoms with Crippen molar-refractivity contribution in [1.82, 2.24) is 9.55 Å². The van der Waals surface area contributed by atoms with Gasteiger partial charge in [-0.1, -0.05) is 26.0 Å². The van der Waals surface area contributed by atoms with Gasteiger partial charge in [-0.25, -0.2) is 4.98 Å². The van der Waals surface area contributed by atoms with Gasteiger partial charge in [0.1, 0.15) is 23.2 Å². The van der Waals surface area contributed by atoms with Crippen molar-refractivity contribution >= 4 is 28.1 Å². The van der Waals surface area contributed by atoms with Gasteiger partial charge in [0.2, 0.25) is 0 Å². The number of aliphatic hydroxyl groups excluding tert-OH is 1. The van der Waals surface area contributed by atoms with E-state index in [1.807, 2.05) is 60.0 Å². The number of ether oxygens (including phenoxy) is 1. The third-order valence-corrected chi connectivity index (χ3v) is 5.03. The Morgan fingerprint density at radius 3 is 2.55 bits per heavy atom. The van der Waals surface area contributed by atoms with Crippen molar-refractivity contribution in [3.05, 3.63) is 60.1 Å². The van der Waals surface area contributed by atoms with Gasteiger partial charge in [0.25, 0.3) is 0 Å². The van der Waals surface area contributed by atoms with E-state index in [2.05, 4.69) is 13.8 Å². The highest BCUT2D eigenvalue weighted by Gasteiger charge is 2.32. The molecule has 0 bridgehead atoms. The number of para-hydroxylation sites is 2. The second-order valence-electron chi connectivity index (χ2n) is 7.62. The molecule has 6 nitrogen and oxygen atoms in total. The maximum Gasteiger partial charge on any atom is 0.148 e. The third kappa shape index (κ3) is 3.46. The lowest BCUT2D eigenvalue weighted by Crippen LogP contribution is -2.26. The molecular formula is C23H26N4O2. The normalized spacial score (nSPS) is 14.5. The molecule has 1 aliphatic heterocycles. The highest BCUT2D eigenvalue weighted by atomic mass is 16.5. The fourth-order valence-corrected chi connectivity index (χ4v) is 3.61. The van der Waals surface area contributed by atoms with Crippen LogP contribution in [0.25, 0.3) is 16.6 Å². The predicted molar refractivity (Wildman–Crippen MR) is 117 cm³/mol. The average Bonchev–Trinajstić information content (AvgIpc) is 3.22. The summed E-state index contributed by atoms with van der Waals surface area (Å²) in [7, 11) is 0. The van der Waals surface area contributed by atoms with Gasteiger partial charge in [0.05, 0.1) is 29.8 Å². The summed E-state index contributed by atoms with van der Waals surface area (Å²) in [4.78, 5) is 6.49. The minimum atomic E-state index is 0.167. The Labute approximate surface area is 170 Å². The maximum atomic E-state index is 10.7. The summed E-state index contributed by atoms with van der Waals surface area (Å²) in [5.74, 6) is 2.32. The Morgan fingerprint density at radius 2 is 1.86 bits per heavy atom. The van der Waals surface area contributed by atoms with E-state index in [0.717, 1.165) is 22.5 Å². The summed E-state index contributed by atoms with van der Waals surface area (Å²) in [5, 5.41) is 19.4. The minimum absolute atomic E-state index is 0.167. The molecule has 150 valence electrons. The molecule has 29 heavy (non-hydrogen) atoms.